The van der Waals surface area contributed by atoms with E-state index in [1.54, 1.807) is 24.3 Å². The van der Waals surface area contributed by atoms with E-state index in [4.69, 9.17) is 30.8 Å². The largest absolute Gasteiger partial charge is 0.462 e. The number of halogens is 2. The van der Waals surface area contributed by atoms with Crippen LogP contribution in [-0.2, 0) is 9.47 Å². The molecule has 1 saturated heterocycles. The van der Waals surface area contributed by atoms with Gasteiger partial charge in [0.2, 0.25) is 0 Å². The Morgan fingerprint density at radius 2 is 1.70 bits per heavy atom. The minimum atomic E-state index is -0.333. The van der Waals surface area contributed by atoms with Gasteiger partial charge in [0.1, 0.15) is 41.6 Å². The zero-order chi connectivity index (χ0) is 25.2. The number of rotatable bonds is 5. The van der Waals surface area contributed by atoms with Gasteiger partial charge in [-0.2, -0.15) is 0 Å². The second-order valence-electron chi connectivity index (χ2n) is 8.95. The molecule has 0 aliphatic carbocycles. The van der Waals surface area contributed by atoms with E-state index in [0.717, 1.165) is 35.1 Å². The summed E-state index contributed by atoms with van der Waals surface area (Å²) >= 11 is 6.46. The molecule has 0 amide bonds. The molecule has 0 unspecified atom stereocenters. The molecule has 4 aromatic rings. The molecular formula is C27H23ClFN5O3. The van der Waals surface area contributed by atoms with E-state index in [0.29, 0.717) is 48.2 Å². The fourth-order valence-electron chi connectivity index (χ4n) is 4.34. The number of anilines is 3. The van der Waals surface area contributed by atoms with Crippen molar-refractivity contribution in [3.05, 3.63) is 77.8 Å². The van der Waals surface area contributed by atoms with Crippen LogP contribution in [0.25, 0.3) is 10.9 Å². The van der Waals surface area contributed by atoms with E-state index in [1.807, 2.05) is 24.3 Å². The lowest BCUT2D eigenvalue weighted by Crippen LogP contribution is -2.35. The van der Waals surface area contributed by atoms with E-state index in [-0.39, 0.29) is 11.4 Å². The molecule has 1 spiro atoms. The first-order valence-corrected chi connectivity index (χ1v) is 12.3. The highest BCUT2D eigenvalue weighted by atomic mass is 35.5. The van der Waals surface area contributed by atoms with Crippen molar-refractivity contribution >= 4 is 45.7 Å². The zero-order valence-corrected chi connectivity index (χ0v) is 20.5. The van der Waals surface area contributed by atoms with Crippen LogP contribution in [0.2, 0.25) is 5.02 Å². The maximum atomic E-state index is 13.2. The average molecular weight is 520 g/mol. The third-order valence-corrected chi connectivity index (χ3v) is 6.66. The second kappa shape index (κ2) is 9.84. The summed E-state index contributed by atoms with van der Waals surface area (Å²) in [5, 5.41) is 7.80. The average Bonchev–Trinajstić information content (AvgIpc) is 3.28. The van der Waals surface area contributed by atoms with Gasteiger partial charge in [-0.15, -0.1) is 0 Å². The number of hydrogen-bond acceptors (Lipinski definition) is 8. The van der Waals surface area contributed by atoms with Crippen LogP contribution in [0, 0.1) is 5.82 Å². The summed E-state index contributed by atoms with van der Waals surface area (Å²) in [4.78, 5) is 13.6. The van der Waals surface area contributed by atoms with E-state index in [2.05, 4.69) is 20.6 Å². The lowest BCUT2D eigenvalue weighted by molar-refractivity contribution is 0.0442. The molecule has 0 radical (unpaired) electrons. The van der Waals surface area contributed by atoms with Gasteiger partial charge in [0.25, 0.3) is 6.02 Å². The van der Waals surface area contributed by atoms with E-state index < -0.39 is 0 Å². The Morgan fingerprint density at radius 3 is 2.51 bits per heavy atom. The fraction of sp³-hybridized carbons (Fsp3) is 0.222. The van der Waals surface area contributed by atoms with Crippen molar-refractivity contribution in [1.29, 1.82) is 0 Å². The second-order valence-corrected chi connectivity index (χ2v) is 9.35. The zero-order valence-electron chi connectivity index (χ0n) is 19.7. The molecule has 0 saturated carbocycles. The Morgan fingerprint density at radius 1 is 0.919 bits per heavy atom. The van der Waals surface area contributed by atoms with Crippen LogP contribution < -0.4 is 15.4 Å². The summed E-state index contributed by atoms with van der Waals surface area (Å²) in [5.41, 5.74) is 2.12. The maximum Gasteiger partial charge on any atom is 0.289 e. The number of benzene rings is 3. The topological polar surface area (TPSA) is 89.9 Å². The molecule has 37 heavy (non-hydrogen) atoms. The molecule has 10 heteroatoms. The first-order chi connectivity index (χ1) is 18.1. The Hall–Kier alpha value is -3.95. The maximum absolute atomic E-state index is 13.2. The Kier molecular flexibility index (Phi) is 6.23. The van der Waals surface area contributed by atoms with Crippen LogP contribution in [0.15, 0.2) is 72.0 Å². The first kappa shape index (κ1) is 23.4. The smallest absolute Gasteiger partial charge is 0.289 e. The van der Waals surface area contributed by atoms with Crippen LogP contribution in [0.1, 0.15) is 12.8 Å². The number of aliphatic imine (C=N–C) groups is 1. The van der Waals surface area contributed by atoms with E-state index in [9.17, 15) is 4.39 Å². The number of amidine groups is 1. The molecule has 0 atom stereocenters. The minimum absolute atomic E-state index is 0.195. The molecule has 3 aromatic carbocycles. The number of nitrogens with zero attached hydrogens (tertiary/aromatic N) is 3. The van der Waals surface area contributed by atoms with Crippen molar-refractivity contribution in [2.24, 2.45) is 4.99 Å². The number of fused-ring (bicyclic) bond motifs is 1. The summed E-state index contributed by atoms with van der Waals surface area (Å²) in [6, 6.07) is 17.4. The number of ether oxygens (including phenoxy) is 3. The molecule has 1 aromatic heterocycles. The highest BCUT2D eigenvalue weighted by Crippen LogP contribution is 2.34. The van der Waals surface area contributed by atoms with Gasteiger partial charge in [-0.05, 0) is 73.5 Å². The molecule has 0 bridgehead atoms. The van der Waals surface area contributed by atoms with Crippen LogP contribution in [-0.4, -0.2) is 41.3 Å². The Bertz CT molecular complexity index is 1480. The number of aromatic nitrogens is 2. The van der Waals surface area contributed by atoms with Gasteiger partial charge >= 0.3 is 0 Å². The quantitative estimate of drug-likeness (QED) is 0.319. The summed E-state index contributed by atoms with van der Waals surface area (Å²) < 4.78 is 30.3. The van der Waals surface area contributed by atoms with Crippen molar-refractivity contribution in [3.63, 3.8) is 0 Å². The van der Waals surface area contributed by atoms with Crippen molar-refractivity contribution in [3.8, 4) is 11.5 Å². The Labute approximate surface area is 217 Å². The van der Waals surface area contributed by atoms with Crippen LogP contribution in [0.4, 0.5) is 21.6 Å². The highest BCUT2D eigenvalue weighted by molar-refractivity contribution is 6.32. The summed E-state index contributed by atoms with van der Waals surface area (Å²) in [6.07, 6.45) is 3.21. The van der Waals surface area contributed by atoms with Crippen molar-refractivity contribution in [2.75, 3.05) is 30.5 Å². The van der Waals surface area contributed by atoms with E-state index in [1.165, 1.54) is 18.5 Å². The lowest BCUT2D eigenvalue weighted by Gasteiger charge is -2.27. The normalized spacial score (nSPS) is 16.3. The third-order valence-electron chi connectivity index (χ3n) is 6.36. The van der Waals surface area contributed by atoms with Crippen LogP contribution in [0.5, 0.6) is 11.5 Å². The minimum Gasteiger partial charge on any atom is -0.462 e. The van der Waals surface area contributed by atoms with Gasteiger partial charge in [-0.1, -0.05) is 11.6 Å². The molecule has 1 fully saturated rings. The van der Waals surface area contributed by atoms with Gasteiger partial charge in [0.05, 0.1) is 10.5 Å². The predicted octanol–water partition coefficient (Wildman–Crippen LogP) is 6.31. The standard InChI is InChI=1S/C27H23ClFN5O3/c28-22-14-19(4-8-24(22)37-20-5-1-17(29)2-6-20)32-25-21-13-18(3-7-23(21)30-16-31-25)33-26-34-27(15-36-26)9-11-35-12-10-27/h1-8,13-14,16H,9-12,15H2,(H,33,34)(H,30,31,32). The molecule has 8 nitrogen and oxygen atoms in total. The van der Waals surface area contributed by atoms with Crippen LogP contribution >= 0.6 is 11.6 Å². The number of hydrogen-bond donors (Lipinski definition) is 2. The monoisotopic (exact) mass is 519 g/mol. The van der Waals surface area contributed by atoms with Crippen molar-refractivity contribution in [1.82, 2.24) is 9.97 Å². The molecule has 3 heterocycles. The fourth-order valence-corrected chi connectivity index (χ4v) is 4.56. The molecule has 188 valence electrons. The lowest BCUT2D eigenvalue weighted by atomic mass is 9.92. The number of nitrogens with one attached hydrogen (secondary N) is 2. The van der Waals surface area contributed by atoms with Gasteiger partial charge < -0.3 is 24.8 Å². The Balaban J connectivity index is 1.21. The highest BCUT2D eigenvalue weighted by Gasteiger charge is 2.38. The van der Waals surface area contributed by atoms with Gasteiger partial charge in [0, 0.05) is 30.0 Å². The third kappa shape index (κ3) is 5.14. The van der Waals surface area contributed by atoms with Crippen molar-refractivity contribution < 1.29 is 18.6 Å². The van der Waals surface area contributed by atoms with Gasteiger partial charge in [0.15, 0.2) is 0 Å². The molecule has 2 N–H and O–H groups in total. The SMILES string of the molecule is Fc1ccc(Oc2ccc(Nc3ncnc4ccc(NC5=NC6(CCOCC6)CO5)cc34)cc2Cl)cc1. The first-order valence-electron chi connectivity index (χ1n) is 11.9. The molecular weight excluding hydrogens is 497 g/mol. The van der Waals surface area contributed by atoms with E-state index >= 15 is 0 Å². The van der Waals surface area contributed by atoms with Crippen LogP contribution in [0.3, 0.4) is 0 Å². The predicted molar refractivity (Wildman–Crippen MR) is 141 cm³/mol. The molecule has 6 rings (SSSR count). The molecule has 2 aliphatic rings. The summed E-state index contributed by atoms with van der Waals surface area (Å²) in [6.45, 7) is 1.96. The summed E-state index contributed by atoms with van der Waals surface area (Å²) in [5.74, 6) is 1.23. The molecule has 2 aliphatic heterocycles. The van der Waals surface area contributed by atoms with Crippen molar-refractivity contribution in [2.45, 2.75) is 18.4 Å². The van der Waals surface area contributed by atoms with Gasteiger partial charge in [-0.25, -0.2) is 19.4 Å². The van der Waals surface area contributed by atoms with Gasteiger partial charge in [-0.3, -0.25) is 0 Å². The summed E-state index contributed by atoms with van der Waals surface area (Å²) in [7, 11) is 0.